The van der Waals surface area contributed by atoms with Crippen LogP contribution in [0.2, 0.25) is 0 Å². The van der Waals surface area contributed by atoms with Crippen LogP contribution >= 0.6 is 0 Å². The van der Waals surface area contributed by atoms with Gasteiger partial charge in [-0.05, 0) is 31.0 Å². The number of fused-ring (bicyclic) bond motifs is 1. The van der Waals surface area contributed by atoms with Gasteiger partial charge in [-0.15, -0.1) is 0 Å². The molecule has 5 nitrogen and oxygen atoms in total. The van der Waals surface area contributed by atoms with Crippen molar-refractivity contribution in [2.75, 3.05) is 13.1 Å². The maximum Gasteiger partial charge on any atom is 0.255 e. The molecule has 0 aliphatic carbocycles. The standard InChI is InChI=1S/C22H22N2O3/c1-14-7-6-8-15(2)21(14)27-16-12-24(13-16)22(26)18-11-20(25)23(3)19-10-5-4-9-17(18)19/h4-11,16H,12-13H2,1-3H3. The van der Waals surface area contributed by atoms with Crippen LogP contribution < -0.4 is 10.3 Å². The normalized spacial score (nSPS) is 14.3. The van der Waals surface area contributed by atoms with Crippen LogP contribution in [0.4, 0.5) is 0 Å². The molecule has 0 spiro atoms. The number of ether oxygens (including phenoxy) is 1. The number of para-hydroxylation sites is 2. The number of carbonyl (C=O) groups excluding carboxylic acids is 1. The van der Waals surface area contributed by atoms with E-state index in [-0.39, 0.29) is 17.6 Å². The van der Waals surface area contributed by atoms with E-state index in [1.165, 1.54) is 6.07 Å². The van der Waals surface area contributed by atoms with E-state index in [9.17, 15) is 9.59 Å². The fraction of sp³-hybridized carbons (Fsp3) is 0.273. The Morgan fingerprint density at radius 2 is 1.70 bits per heavy atom. The van der Waals surface area contributed by atoms with Crippen molar-refractivity contribution in [3.63, 3.8) is 0 Å². The molecular weight excluding hydrogens is 340 g/mol. The Morgan fingerprint density at radius 3 is 2.41 bits per heavy atom. The minimum atomic E-state index is -0.180. The number of pyridine rings is 1. The highest BCUT2D eigenvalue weighted by Gasteiger charge is 2.34. The van der Waals surface area contributed by atoms with Gasteiger partial charge in [-0.25, -0.2) is 0 Å². The molecule has 1 saturated heterocycles. The Labute approximate surface area is 157 Å². The number of nitrogens with zero attached hydrogens (tertiary/aromatic N) is 2. The van der Waals surface area contributed by atoms with Gasteiger partial charge < -0.3 is 14.2 Å². The SMILES string of the molecule is Cc1cccc(C)c1OC1CN(C(=O)c2cc(=O)n(C)c3ccccc23)C1. The zero-order valence-electron chi connectivity index (χ0n) is 15.7. The first-order chi connectivity index (χ1) is 13.0. The average molecular weight is 362 g/mol. The summed E-state index contributed by atoms with van der Waals surface area (Å²) in [6.45, 7) is 5.10. The third-order valence-electron chi connectivity index (χ3n) is 5.21. The van der Waals surface area contributed by atoms with Crippen molar-refractivity contribution < 1.29 is 9.53 Å². The maximum atomic E-state index is 13.0. The van der Waals surface area contributed by atoms with Crippen molar-refractivity contribution >= 4 is 16.8 Å². The third kappa shape index (κ3) is 2.99. The molecule has 4 rings (SSSR count). The van der Waals surface area contributed by atoms with Gasteiger partial charge in [0.25, 0.3) is 11.5 Å². The first-order valence-corrected chi connectivity index (χ1v) is 9.06. The summed E-state index contributed by atoms with van der Waals surface area (Å²) in [5.41, 5.74) is 3.23. The van der Waals surface area contributed by atoms with E-state index in [1.807, 2.05) is 56.3 Å². The molecule has 0 atom stereocenters. The van der Waals surface area contributed by atoms with E-state index in [2.05, 4.69) is 0 Å². The van der Waals surface area contributed by atoms with Gasteiger partial charge >= 0.3 is 0 Å². The Kier molecular flexibility index (Phi) is 4.22. The molecule has 3 aromatic rings. The average Bonchev–Trinajstić information content (AvgIpc) is 2.62. The fourth-order valence-corrected chi connectivity index (χ4v) is 3.59. The molecule has 0 unspecified atom stereocenters. The van der Waals surface area contributed by atoms with E-state index in [0.29, 0.717) is 18.7 Å². The number of likely N-dealkylation sites (tertiary alicyclic amines) is 1. The summed E-state index contributed by atoms with van der Waals surface area (Å²) in [6.07, 6.45) is -0.0217. The van der Waals surface area contributed by atoms with Crippen LogP contribution in [-0.2, 0) is 7.05 Å². The van der Waals surface area contributed by atoms with E-state index in [4.69, 9.17) is 4.74 Å². The van der Waals surface area contributed by atoms with Gasteiger partial charge in [0.05, 0.1) is 24.2 Å². The predicted molar refractivity (Wildman–Crippen MR) is 105 cm³/mol. The highest BCUT2D eigenvalue weighted by molar-refractivity contribution is 6.06. The molecule has 1 fully saturated rings. The zero-order chi connectivity index (χ0) is 19.1. The number of hydrogen-bond acceptors (Lipinski definition) is 3. The number of rotatable bonds is 3. The lowest BCUT2D eigenvalue weighted by Crippen LogP contribution is -2.56. The van der Waals surface area contributed by atoms with Crippen LogP contribution in [0.3, 0.4) is 0 Å². The Balaban J connectivity index is 1.54. The second-order valence-electron chi connectivity index (χ2n) is 7.14. The van der Waals surface area contributed by atoms with Crippen molar-refractivity contribution in [2.24, 2.45) is 7.05 Å². The van der Waals surface area contributed by atoms with Crippen molar-refractivity contribution in [1.29, 1.82) is 0 Å². The van der Waals surface area contributed by atoms with Gasteiger partial charge in [0.1, 0.15) is 11.9 Å². The Hall–Kier alpha value is -3.08. The van der Waals surface area contributed by atoms with Gasteiger partial charge in [-0.2, -0.15) is 0 Å². The number of aromatic nitrogens is 1. The molecule has 0 N–H and O–H groups in total. The molecule has 0 radical (unpaired) electrons. The van der Waals surface area contributed by atoms with Crippen LogP contribution in [-0.4, -0.2) is 34.6 Å². The van der Waals surface area contributed by atoms with E-state index in [1.54, 1.807) is 16.5 Å². The Bertz CT molecular complexity index is 1070. The first kappa shape index (κ1) is 17.3. The molecule has 1 amide bonds. The molecular formula is C22H22N2O3. The third-order valence-corrected chi connectivity index (χ3v) is 5.21. The summed E-state index contributed by atoms with van der Waals surface area (Å²) in [5.74, 6) is 0.777. The zero-order valence-corrected chi connectivity index (χ0v) is 15.7. The predicted octanol–water partition coefficient (Wildman–Crippen LogP) is 3.06. The largest absolute Gasteiger partial charge is 0.486 e. The number of aryl methyl sites for hydroxylation is 3. The van der Waals surface area contributed by atoms with Crippen molar-refractivity contribution in [1.82, 2.24) is 9.47 Å². The van der Waals surface area contributed by atoms with Gasteiger partial charge in [-0.3, -0.25) is 9.59 Å². The summed E-state index contributed by atoms with van der Waals surface area (Å²) < 4.78 is 7.66. The van der Waals surface area contributed by atoms with Gasteiger partial charge in [0, 0.05) is 18.5 Å². The number of benzene rings is 2. The summed E-state index contributed by atoms with van der Waals surface area (Å²) in [7, 11) is 1.72. The number of hydrogen-bond donors (Lipinski definition) is 0. The van der Waals surface area contributed by atoms with Crippen molar-refractivity contribution in [3.05, 3.63) is 75.6 Å². The number of carbonyl (C=O) groups is 1. The summed E-state index contributed by atoms with van der Waals surface area (Å²) in [6, 6.07) is 15.0. The van der Waals surface area contributed by atoms with E-state index in [0.717, 1.165) is 27.8 Å². The lowest BCUT2D eigenvalue weighted by Gasteiger charge is -2.39. The molecule has 2 heterocycles. The highest BCUT2D eigenvalue weighted by atomic mass is 16.5. The lowest BCUT2D eigenvalue weighted by atomic mass is 10.0. The van der Waals surface area contributed by atoms with Crippen LogP contribution in [0.25, 0.3) is 10.9 Å². The minimum absolute atomic E-state index is 0.0217. The van der Waals surface area contributed by atoms with Gasteiger partial charge in [0.15, 0.2) is 0 Å². The maximum absolute atomic E-state index is 13.0. The smallest absolute Gasteiger partial charge is 0.255 e. The van der Waals surface area contributed by atoms with E-state index < -0.39 is 0 Å². The van der Waals surface area contributed by atoms with Crippen LogP contribution in [0.1, 0.15) is 21.5 Å². The second-order valence-corrected chi connectivity index (χ2v) is 7.14. The molecule has 2 aromatic carbocycles. The molecule has 1 aromatic heterocycles. The lowest BCUT2D eigenvalue weighted by molar-refractivity contribution is 0.0174. The monoisotopic (exact) mass is 362 g/mol. The first-order valence-electron chi connectivity index (χ1n) is 9.06. The number of amides is 1. The van der Waals surface area contributed by atoms with Crippen molar-refractivity contribution in [3.8, 4) is 5.75 Å². The van der Waals surface area contributed by atoms with Crippen LogP contribution in [0.15, 0.2) is 53.3 Å². The van der Waals surface area contributed by atoms with Crippen LogP contribution in [0.5, 0.6) is 5.75 Å². The molecule has 0 saturated carbocycles. The van der Waals surface area contributed by atoms with Gasteiger partial charge in [-0.1, -0.05) is 36.4 Å². The minimum Gasteiger partial charge on any atom is -0.486 e. The quantitative estimate of drug-likeness (QED) is 0.720. The molecule has 1 aliphatic rings. The molecule has 138 valence electrons. The molecule has 27 heavy (non-hydrogen) atoms. The van der Waals surface area contributed by atoms with Crippen LogP contribution in [0, 0.1) is 13.8 Å². The molecule has 1 aliphatic heterocycles. The summed E-state index contributed by atoms with van der Waals surface area (Å²) in [5, 5.41) is 0.795. The van der Waals surface area contributed by atoms with E-state index >= 15 is 0 Å². The molecule has 0 bridgehead atoms. The Morgan fingerprint density at radius 1 is 1.04 bits per heavy atom. The summed E-state index contributed by atoms with van der Waals surface area (Å²) in [4.78, 5) is 26.9. The summed E-state index contributed by atoms with van der Waals surface area (Å²) >= 11 is 0. The van der Waals surface area contributed by atoms with Gasteiger partial charge in [0.2, 0.25) is 0 Å². The topological polar surface area (TPSA) is 51.5 Å². The molecule has 5 heteroatoms. The fourth-order valence-electron chi connectivity index (χ4n) is 3.59. The second kappa shape index (κ2) is 6.58. The van der Waals surface area contributed by atoms with Crippen molar-refractivity contribution in [2.45, 2.75) is 20.0 Å². The highest BCUT2D eigenvalue weighted by Crippen LogP contribution is 2.27.